The van der Waals surface area contributed by atoms with Crippen molar-refractivity contribution in [2.75, 3.05) is 0 Å². The molecule has 0 saturated heterocycles. The van der Waals surface area contributed by atoms with Gasteiger partial charge >= 0.3 is 0 Å². The molecule has 0 aliphatic heterocycles. The predicted octanol–water partition coefficient (Wildman–Crippen LogP) is 2.43. The highest BCUT2D eigenvalue weighted by molar-refractivity contribution is 5.28. The van der Waals surface area contributed by atoms with Crippen LogP contribution in [0.15, 0.2) is 12.1 Å². The summed E-state index contributed by atoms with van der Waals surface area (Å²) in [7, 11) is 0. The molecule has 2 N–H and O–H groups in total. The van der Waals surface area contributed by atoms with Crippen molar-refractivity contribution in [2.24, 2.45) is 5.73 Å². The summed E-state index contributed by atoms with van der Waals surface area (Å²) in [6.07, 6.45) is 4.76. The molecule has 1 aromatic rings. The summed E-state index contributed by atoms with van der Waals surface area (Å²) >= 11 is 0. The lowest BCUT2D eigenvalue weighted by atomic mass is 9.89. The molecule has 1 aliphatic carbocycles. The summed E-state index contributed by atoms with van der Waals surface area (Å²) in [5.41, 5.74) is 9.76. The van der Waals surface area contributed by atoms with Crippen LogP contribution in [0.5, 0.6) is 0 Å². The molecule has 2 rings (SSSR count). The summed E-state index contributed by atoms with van der Waals surface area (Å²) in [6.45, 7) is 4.07. The summed E-state index contributed by atoms with van der Waals surface area (Å²) in [5.74, 6) is 0. The van der Waals surface area contributed by atoms with Crippen molar-refractivity contribution in [3.63, 3.8) is 0 Å². The number of hydrogen-bond acceptors (Lipinski definition) is 2. The van der Waals surface area contributed by atoms with Gasteiger partial charge in [0.05, 0.1) is 0 Å². The van der Waals surface area contributed by atoms with Crippen molar-refractivity contribution < 1.29 is 0 Å². The number of hydrogen-bond donors (Lipinski definition) is 1. The van der Waals surface area contributed by atoms with Crippen molar-refractivity contribution in [3.05, 3.63) is 29.1 Å². The Hall–Kier alpha value is -0.890. The van der Waals surface area contributed by atoms with Crippen LogP contribution >= 0.6 is 0 Å². The average molecular weight is 190 g/mol. The Morgan fingerprint density at radius 3 is 2.14 bits per heavy atom. The van der Waals surface area contributed by atoms with Crippen molar-refractivity contribution in [1.29, 1.82) is 0 Å². The minimum Gasteiger partial charge on any atom is -0.321 e. The standard InChI is InChI=1S/C12H18N2/c1-9-7-11(8-10(2)14-9)12(13)5-3-4-6-12/h7-8H,3-6,13H2,1-2H3. The number of rotatable bonds is 1. The number of nitrogens with two attached hydrogens (primary N) is 1. The maximum atomic E-state index is 6.39. The predicted molar refractivity (Wildman–Crippen MR) is 58.0 cm³/mol. The number of nitrogens with zero attached hydrogens (tertiary/aromatic N) is 1. The van der Waals surface area contributed by atoms with Gasteiger partial charge in [-0.05, 0) is 44.4 Å². The first-order chi connectivity index (χ1) is 6.60. The topological polar surface area (TPSA) is 38.9 Å². The smallest absolute Gasteiger partial charge is 0.0410 e. The average Bonchev–Trinajstić information content (AvgIpc) is 2.52. The van der Waals surface area contributed by atoms with Crippen molar-refractivity contribution >= 4 is 0 Å². The first kappa shape index (κ1) is 9.66. The maximum absolute atomic E-state index is 6.39. The van der Waals surface area contributed by atoms with Crippen molar-refractivity contribution in [2.45, 2.75) is 45.1 Å². The molecule has 1 heterocycles. The Morgan fingerprint density at radius 1 is 1.14 bits per heavy atom. The molecule has 0 aromatic carbocycles. The zero-order valence-corrected chi connectivity index (χ0v) is 9.01. The molecule has 76 valence electrons. The largest absolute Gasteiger partial charge is 0.321 e. The summed E-state index contributed by atoms with van der Waals surface area (Å²) in [4.78, 5) is 4.38. The van der Waals surface area contributed by atoms with Gasteiger partial charge < -0.3 is 5.73 Å². The Kier molecular flexibility index (Phi) is 2.31. The van der Waals surface area contributed by atoms with Gasteiger partial charge in [-0.1, -0.05) is 12.8 Å². The molecule has 1 aliphatic rings. The fourth-order valence-electron chi connectivity index (χ4n) is 2.42. The third kappa shape index (κ3) is 1.67. The molecule has 0 unspecified atom stereocenters. The Balaban J connectivity index is 2.40. The first-order valence-electron chi connectivity index (χ1n) is 5.35. The molecule has 1 fully saturated rings. The number of aryl methyl sites for hydroxylation is 2. The van der Waals surface area contributed by atoms with Crippen molar-refractivity contribution in [3.8, 4) is 0 Å². The Labute approximate surface area is 85.5 Å². The summed E-state index contributed by atoms with van der Waals surface area (Å²) < 4.78 is 0. The molecule has 2 nitrogen and oxygen atoms in total. The van der Waals surface area contributed by atoms with E-state index in [1.165, 1.54) is 18.4 Å². The fourth-order valence-corrected chi connectivity index (χ4v) is 2.42. The summed E-state index contributed by atoms with van der Waals surface area (Å²) in [5, 5.41) is 0. The molecule has 0 amide bonds. The van der Waals surface area contributed by atoms with E-state index in [0.717, 1.165) is 24.2 Å². The second kappa shape index (κ2) is 3.35. The molecule has 0 spiro atoms. The lowest BCUT2D eigenvalue weighted by Crippen LogP contribution is -2.33. The molecule has 1 aromatic heterocycles. The van der Waals surface area contributed by atoms with Crippen LogP contribution in [0.1, 0.15) is 42.6 Å². The van der Waals surface area contributed by atoms with Crippen LogP contribution in [0.2, 0.25) is 0 Å². The molecule has 1 saturated carbocycles. The molecular weight excluding hydrogens is 172 g/mol. The van der Waals surface area contributed by atoms with E-state index < -0.39 is 0 Å². The van der Waals surface area contributed by atoms with Gasteiger partial charge in [-0.2, -0.15) is 0 Å². The Bertz CT molecular complexity index is 318. The van der Waals surface area contributed by atoms with Crippen LogP contribution in [0.3, 0.4) is 0 Å². The third-order valence-electron chi connectivity index (χ3n) is 3.15. The van der Waals surface area contributed by atoms with Gasteiger partial charge in [-0.3, -0.25) is 4.98 Å². The van der Waals surface area contributed by atoms with Gasteiger partial charge in [0.25, 0.3) is 0 Å². The van der Waals surface area contributed by atoms with Gasteiger partial charge in [-0.15, -0.1) is 0 Å². The highest BCUT2D eigenvalue weighted by atomic mass is 14.8. The SMILES string of the molecule is Cc1cc(C2(N)CCCC2)cc(C)n1. The molecule has 14 heavy (non-hydrogen) atoms. The number of aromatic nitrogens is 1. The van der Waals surface area contributed by atoms with Gasteiger partial charge in [0.15, 0.2) is 0 Å². The molecular formula is C12H18N2. The van der Waals surface area contributed by atoms with E-state index in [-0.39, 0.29) is 5.54 Å². The minimum absolute atomic E-state index is 0.0710. The van der Waals surface area contributed by atoms with E-state index in [1.807, 2.05) is 13.8 Å². The molecule has 0 bridgehead atoms. The zero-order chi connectivity index (χ0) is 10.2. The van der Waals surface area contributed by atoms with Crippen LogP contribution in [0, 0.1) is 13.8 Å². The maximum Gasteiger partial charge on any atom is 0.0410 e. The van der Waals surface area contributed by atoms with Gasteiger partial charge in [-0.25, -0.2) is 0 Å². The summed E-state index contributed by atoms with van der Waals surface area (Å²) in [6, 6.07) is 4.27. The molecule has 2 heteroatoms. The van der Waals surface area contributed by atoms with Crippen LogP contribution < -0.4 is 5.73 Å². The normalized spacial score (nSPS) is 19.9. The van der Waals surface area contributed by atoms with E-state index in [0.29, 0.717) is 0 Å². The van der Waals surface area contributed by atoms with Gasteiger partial charge in [0, 0.05) is 16.9 Å². The minimum atomic E-state index is -0.0710. The van der Waals surface area contributed by atoms with E-state index in [1.54, 1.807) is 0 Å². The van der Waals surface area contributed by atoms with E-state index in [9.17, 15) is 0 Å². The molecule has 0 radical (unpaired) electrons. The highest BCUT2D eigenvalue weighted by Crippen LogP contribution is 2.36. The Morgan fingerprint density at radius 2 is 1.64 bits per heavy atom. The van der Waals surface area contributed by atoms with Crippen LogP contribution in [0.4, 0.5) is 0 Å². The second-order valence-corrected chi connectivity index (χ2v) is 4.50. The van der Waals surface area contributed by atoms with E-state index in [2.05, 4.69) is 17.1 Å². The van der Waals surface area contributed by atoms with Gasteiger partial charge in [0.1, 0.15) is 0 Å². The van der Waals surface area contributed by atoms with E-state index in [4.69, 9.17) is 5.73 Å². The van der Waals surface area contributed by atoms with Gasteiger partial charge in [0.2, 0.25) is 0 Å². The van der Waals surface area contributed by atoms with Crippen LogP contribution in [-0.2, 0) is 5.54 Å². The quantitative estimate of drug-likeness (QED) is 0.738. The number of pyridine rings is 1. The first-order valence-corrected chi connectivity index (χ1v) is 5.35. The lowest BCUT2D eigenvalue weighted by molar-refractivity contribution is 0.460. The van der Waals surface area contributed by atoms with Crippen LogP contribution in [0.25, 0.3) is 0 Å². The fraction of sp³-hybridized carbons (Fsp3) is 0.583. The zero-order valence-electron chi connectivity index (χ0n) is 9.01. The molecule has 0 atom stereocenters. The third-order valence-corrected chi connectivity index (χ3v) is 3.15. The highest BCUT2D eigenvalue weighted by Gasteiger charge is 2.31. The van der Waals surface area contributed by atoms with E-state index >= 15 is 0 Å². The monoisotopic (exact) mass is 190 g/mol. The second-order valence-electron chi connectivity index (χ2n) is 4.50. The lowest BCUT2D eigenvalue weighted by Gasteiger charge is -2.24. The van der Waals surface area contributed by atoms with Crippen molar-refractivity contribution in [1.82, 2.24) is 4.98 Å². The van der Waals surface area contributed by atoms with Crippen LogP contribution in [-0.4, -0.2) is 4.98 Å².